The molecule has 2 aromatic rings. The molecule has 4 rings (SSSR count). The van der Waals surface area contributed by atoms with E-state index in [1.165, 1.54) is 6.07 Å². The van der Waals surface area contributed by atoms with Crippen LogP contribution in [0.15, 0.2) is 42.5 Å². The van der Waals surface area contributed by atoms with E-state index in [1.807, 2.05) is 23.1 Å². The minimum absolute atomic E-state index is 0.140. The summed E-state index contributed by atoms with van der Waals surface area (Å²) in [5.74, 6) is -0.0352. The topological polar surface area (TPSA) is 58.6 Å². The summed E-state index contributed by atoms with van der Waals surface area (Å²) in [6.07, 6.45) is 5.74. The lowest BCUT2D eigenvalue weighted by atomic mass is 9.75. The highest BCUT2D eigenvalue weighted by atomic mass is 19.1. The van der Waals surface area contributed by atoms with E-state index in [0.717, 1.165) is 38.5 Å². The highest BCUT2D eigenvalue weighted by Crippen LogP contribution is 2.36. The first-order valence-corrected chi connectivity index (χ1v) is 11.5. The Morgan fingerprint density at radius 1 is 1.09 bits per heavy atom. The normalized spacial score (nSPS) is 22.2. The summed E-state index contributed by atoms with van der Waals surface area (Å²) in [5, 5.41) is 3.12. The Bertz CT molecular complexity index is 993. The van der Waals surface area contributed by atoms with Gasteiger partial charge in [0.1, 0.15) is 11.6 Å². The van der Waals surface area contributed by atoms with E-state index in [-0.39, 0.29) is 23.0 Å². The second-order valence-corrected chi connectivity index (χ2v) is 9.13. The van der Waals surface area contributed by atoms with Crippen LogP contribution in [0.25, 0.3) is 0 Å². The number of rotatable bonds is 1. The minimum Gasteiger partial charge on any atom is -0.493 e. The molecule has 0 bridgehead atoms. The Balaban J connectivity index is 1.53. The lowest BCUT2D eigenvalue weighted by Crippen LogP contribution is -2.51. The summed E-state index contributed by atoms with van der Waals surface area (Å²) in [4.78, 5) is 27.9. The molecule has 170 valence electrons. The first-order chi connectivity index (χ1) is 15.5. The monoisotopic (exact) mass is 438 g/mol. The summed E-state index contributed by atoms with van der Waals surface area (Å²) in [6.45, 7) is 4.00. The molecule has 1 fully saturated rings. The van der Waals surface area contributed by atoms with E-state index in [4.69, 9.17) is 4.74 Å². The van der Waals surface area contributed by atoms with Crippen molar-refractivity contribution in [2.75, 3.05) is 26.2 Å². The number of ether oxygens (including phenoxy) is 1. The number of hydrogen-bond acceptors (Lipinski definition) is 3. The number of fused-ring (bicyclic) bond motifs is 1. The van der Waals surface area contributed by atoms with Gasteiger partial charge in [0.25, 0.3) is 11.8 Å². The fourth-order valence-corrected chi connectivity index (χ4v) is 4.83. The molecule has 5 nitrogen and oxygen atoms in total. The molecule has 32 heavy (non-hydrogen) atoms. The van der Waals surface area contributed by atoms with Crippen LogP contribution in [0.5, 0.6) is 5.75 Å². The summed E-state index contributed by atoms with van der Waals surface area (Å²) in [5.41, 5.74) is 1.28. The second kappa shape index (κ2) is 9.72. The van der Waals surface area contributed by atoms with Gasteiger partial charge in [0, 0.05) is 30.6 Å². The highest BCUT2D eigenvalue weighted by molar-refractivity contribution is 5.97. The molecule has 1 N–H and O–H groups in total. The van der Waals surface area contributed by atoms with Crippen LogP contribution < -0.4 is 10.1 Å². The molecule has 2 amide bonds. The van der Waals surface area contributed by atoms with E-state index in [1.54, 1.807) is 25.1 Å². The van der Waals surface area contributed by atoms with Crippen LogP contribution in [0.3, 0.4) is 0 Å². The average Bonchev–Trinajstić information content (AvgIpc) is 2.81. The predicted octanol–water partition coefficient (Wildman–Crippen LogP) is 4.74. The van der Waals surface area contributed by atoms with Crippen molar-refractivity contribution in [3.8, 4) is 5.75 Å². The number of likely N-dealkylation sites (tertiary alicyclic amines) is 1. The maximum atomic E-state index is 14.0. The number of amides is 2. The Morgan fingerprint density at radius 3 is 2.75 bits per heavy atom. The second-order valence-electron chi connectivity index (χ2n) is 9.13. The van der Waals surface area contributed by atoms with Gasteiger partial charge in [0.15, 0.2) is 0 Å². The Labute approximate surface area is 188 Å². The molecule has 2 aliphatic rings. The molecule has 1 spiro atoms. The SMILES string of the molecule is Cc1ccc(C(=O)N2CCCC3(CCCCCOc4ccccc4C(=O)NC3)C2)cc1F. The summed E-state index contributed by atoms with van der Waals surface area (Å²) in [6, 6.07) is 12.0. The third-order valence-corrected chi connectivity index (χ3v) is 6.73. The Morgan fingerprint density at radius 2 is 1.91 bits per heavy atom. The van der Waals surface area contributed by atoms with Crippen molar-refractivity contribution >= 4 is 11.8 Å². The van der Waals surface area contributed by atoms with E-state index < -0.39 is 0 Å². The number of halogens is 1. The van der Waals surface area contributed by atoms with Crippen molar-refractivity contribution in [2.45, 2.75) is 45.4 Å². The van der Waals surface area contributed by atoms with Crippen LogP contribution in [0.1, 0.15) is 64.8 Å². The number of hydrogen-bond donors (Lipinski definition) is 1. The predicted molar refractivity (Wildman–Crippen MR) is 121 cm³/mol. The molecule has 1 atom stereocenters. The molecule has 2 aromatic carbocycles. The molecular weight excluding hydrogens is 407 g/mol. The van der Waals surface area contributed by atoms with Crippen LogP contribution in [-0.4, -0.2) is 43.0 Å². The average molecular weight is 439 g/mol. The van der Waals surface area contributed by atoms with Gasteiger partial charge >= 0.3 is 0 Å². The van der Waals surface area contributed by atoms with Crippen LogP contribution in [0.4, 0.5) is 4.39 Å². The van der Waals surface area contributed by atoms with Crippen LogP contribution in [-0.2, 0) is 0 Å². The lowest BCUT2D eigenvalue weighted by Gasteiger charge is -2.43. The van der Waals surface area contributed by atoms with Gasteiger partial charge < -0.3 is 15.0 Å². The van der Waals surface area contributed by atoms with Gasteiger partial charge in [-0.3, -0.25) is 9.59 Å². The molecule has 6 heteroatoms. The fourth-order valence-electron chi connectivity index (χ4n) is 4.83. The number of aryl methyl sites for hydroxylation is 1. The number of benzene rings is 2. The van der Waals surface area contributed by atoms with Gasteiger partial charge in [0.05, 0.1) is 12.2 Å². The molecule has 2 aliphatic heterocycles. The molecule has 2 heterocycles. The van der Waals surface area contributed by atoms with Crippen LogP contribution >= 0.6 is 0 Å². The Hall–Kier alpha value is -2.89. The number of carbonyl (C=O) groups is 2. The zero-order chi connectivity index (χ0) is 22.6. The number of carbonyl (C=O) groups excluding carboxylic acids is 2. The number of para-hydroxylation sites is 1. The van der Waals surface area contributed by atoms with Crippen molar-refractivity contribution in [1.82, 2.24) is 10.2 Å². The molecule has 1 saturated heterocycles. The number of nitrogens with one attached hydrogen (secondary N) is 1. The largest absolute Gasteiger partial charge is 0.493 e. The molecule has 0 aliphatic carbocycles. The summed E-state index contributed by atoms with van der Waals surface area (Å²) < 4.78 is 19.9. The maximum Gasteiger partial charge on any atom is 0.255 e. The zero-order valence-electron chi connectivity index (χ0n) is 18.7. The first kappa shape index (κ1) is 22.3. The first-order valence-electron chi connectivity index (χ1n) is 11.5. The molecule has 0 saturated carbocycles. The van der Waals surface area contributed by atoms with Gasteiger partial charge in [-0.2, -0.15) is 0 Å². The van der Waals surface area contributed by atoms with Gasteiger partial charge in [-0.05, 0) is 62.4 Å². The maximum absolute atomic E-state index is 14.0. The van der Waals surface area contributed by atoms with Crippen LogP contribution in [0.2, 0.25) is 0 Å². The molecule has 1 unspecified atom stereocenters. The van der Waals surface area contributed by atoms with E-state index in [2.05, 4.69) is 5.32 Å². The third kappa shape index (κ3) is 4.95. The zero-order valence-corrected chi connectivity index (χ0v) is 18.7. The smallest absolute Gasteiger partial charge is 0.255 e. The lowest BCUT2D eigenvalue weighted by molar-refractivity contribution is 0.0468. The van der Waals surface area contributed by atoms with Crippen molar-refractivity contribution in [3.05, 3.63) is 65.0 Å². The van der Waals surface area contributed by atoms with Gasteiger partial charge in [0.2, 0.25) is 0 Å². The fraction of sp³-hybridized carbons (Fsp3) is 0.462. The van der Waals surface area contributed by atoms with Gasteiger partial charge in [-0.1, -0.05) is 31.0 Å². The molecule has 0 aromatic heterocycles. The van der Waals surface area contributed by atoms with Gasteiger partial charge in [-0.25, -0.2) is 4.39 Å². The number of nitrogens with zero attached hydrogens (tertiary/aromatic N) is 1. The van der Waals surface area contributed by atoms with E-state index >= 15 is 0 Å². The summed E-state index contributed by atoms with van der Waals surface area (Å²) in [7, 11) is 0. The van der Waals surface area contributed by atoms with Crippen molar-refractivity contribution < 1.29 is 18.7 Å². The van der Waals surface area contributed by atoms with Gasteiger partial charge in [-0.15, -0.1) is 0 Å². The summed E-state index contributed by atoms with van der Waals surface area (Å²) >= 11 is 0. The molecule has 0 radical (unpaired) electrons. The van der Waals surface area contributed by atoms with E-state index in [0.29, 0.717) is 48.7 Å². The van der Waals surface area contributed by atoms with Crippen molar-refractivity contribution in [2.24, 2.45) is 5.41 Å². The Kier molecular flexibility index (Phi) is 6.77. The van der Waals surface area contributed by atoms with Crippen LogP contribution in [0, 0.1) is 18.2 Å². The quantitative estimate of drug-likeness (QED) is 0.700. The molecular formula is C26H31FN2O3. The minimum atomic E-state index is -0.360. The van der Waals surface area contributed by atoms with Crippen molar-refractivity contribution in [3.63, 3.8) is 0 Å². The highest BCUT2D eigenvalue weighted by Gasteiger charge is 2.37. The third-order valence-electron chi connectivity index (χ3n) is 6.73. The number of piperidine rings is 1. The standard InChI is InChI=1S/C26H31FN2O3/c1-19-10-11-20(16-22(19)27)25(31)29-14-7-13-26(18-29)12-5-2-6-15-32-23-9-4-3-8-21(23)24(30)28-17-26/h3-4,8-11,16H,2,5-7,12-15,17-18H2,1H3,(H,28,30). The van der Waals surface area contributed by atoms with Crippen molar-refractivity contribution in [1.29, 1.82) is 0 Å². The van der Waals surface area contributed by atoms with E-state index in [9.17, 15) is 14.0 Å².